The van der Waals surface area contributed by atoms with Crippen molar-refractivity contribution in [2.24, 2.45) is 0 Å². The quantitative estimate of drug-likeness (QED) is 0.259. The third-order valence-corrected chi connectivity index (χ3v) is 6.71. The average Bonchev–Trinajstić information content (AvgIpc) is 3.14. The van der Waals surface area contributed by atoms with Gasteiger partial charge in [-0.05, 0) is 48.5 Å². The molecule has 0 spiro atoms. The Morgan fingerprint density at radius 2 is 1.77 bits per heavy atom. The van der Waals surface area contributed by atoms with Crippen molar-refractivity contribution in [1.82, 2.24) is 9.97 Å². The van der Waals surface area contributed by atoms with Gasteiger partial charge in [-0.25, -0.2) is 9.97 Å². The van der Waals surface area contributed by atoms with E-state index in [1.54, 1.807) is 24.3 Å². The number of fused-ring (bicyclic) bond motifs is 2. The number of pyridine rings is 1. The highest BCUT2D eigenvalue weighted by Gasteiger charge is 2.17. The number of halogens is 3. The van der Waals surface area contributed by atoms with Crippen LogP contribution in [0.2, 0.25) is 10.0 Å². The summed E-state index contributed by atoms with van der Waals surface area (Å²) in [6.07, 6.45) is 0. The highest BCUT2D eigenvalue weighted by atomic mass is 79.9. The van der Waals surface area contributed by atoms with Crippen molar-refractivity contribution in [2.45, 2.75) is 0 Å². The van der Waals surface area contributed by atoms with E-state index in [0.717, 1.165) is 20.1 Å². The van der Waals surface area contributed by atoms with Gasteiger partial charge in [0.05, 0.1) is 32.0 Å². The van der Waals surface area contributed by atoms with Crippen LogP contribution < -0.4 is 5.32 Å². The van der Waals surface area contributed by atoms with E-state index in [9.17, 15) is 4.79 Å². The lowest BCUT2D eigenvalue weighted by atomic mass is 10.0. The summed E-state index contributed by atoms with van der Waals surface area (Å²) < 4.78 is 1.95. The van der Waals surface area contributed by atoms with Crippen molar-refractivity contribution in [1.29, 1.82) is 0 Å². The largest absolute Gasteiger partial charge is 0.298 e. The Labute approximate surface area is 200 Å². The predicted octanol–water partition coefficient (Wildman–Crippen LogP) is 7.83. The molecule has 0 radical (unpaired) electrons. The van der Waals surface area contributed by atoms with Gasteiger partial charge in [0.2, 0.25) is 0 Å². The SMILES string of the molecule is O=C(Nc1nc2ccc(Br)cc2s1)c1cc(-c2ccc(Cl)cc2Cl)nc2ccccc12. The fraction of sp³-hybridized carbons (Fsp3) is 0. The minimum Gasteiger partial charge on any atom is -0.298 e. The topological polar surface area (TPSA) is 54.9 Å². The first-order valence-electron chi connectivity index (χ1n) is 9.20. The minimum atomic E-state index is -0.261. The zero-order valence-electron chi connectivity index (χ0n) is 15.7. The molecule has 5 rings (SSSR count). The lowest BCUT2D eigenvalue weighted by molar-refractivity contribution is 0.102. The molecule has 0 aliphatic heterocycles. The summed E-state index contributed by atoms with van der Waals surface area (Å²) in [7, 11) is 0. The molecule has 31 heavy (non-hydrogen) atoms. The van der Waals surface area contributed by atoms with Gasteiger partial charge in [0.25, 0.3) is 5.91 Å². The van der Waals surface area contributed by atoms with E-state index in [0.29, 0.717) is 37.5 Å². The van der Waals surface area contributed by atoms with Crippen LogP contribution in [0.1, 0.15) is 10.4 Å². The number of carbonyl (C=O) groups excluding carboxylic acids is 1. The Morgan fingerprint density at radius 3 is 2.61 bits per heavy atom. The predicted molar refractivity (Wildman–Crippen MR) is 132 cm³/mol. The number of hydrogen-bond donors (Lipinski definition) is 1. The molecular formula is C23H12BrCl2N3OS. The van der Waals surface area contributed by atoms with E-state index in [2.05, 4.69) is 26.2 Å². The number of anilines is 1. The van der Waals surface area contributed by atoms with Gasteiger partial charge in [-0.1, -0.05) is 68.7 Å². The first-order chi connectivity index (χ1) is 15.0. The van der Waals surface area contributed by atoms with Gasteiger partial charge in [-0.2, -0.15) is 0 Å². The summed E-state index contributed by atoms with van der Waals surface area (Å²) in [5.41, 5.74) is 3.32. The second-order valence-electron chi connectivity index (χ2n) is 6.78. The summed E-state index contributed by atoms with van der Waals surface area (Å²) in [5.74, 6) is -0.261. The fourth-order valence-corrected chi connectivity index (χ4v) is 5.23. The zero-order chi connectivity index (χ0) is 21.5. The maximum absolute atomic E-state index is 13.3. The molecular weight excluding hydrogens is 517 g/mol. The molecule has 0 atom stereocenters. The first-order valence-corrected chi connectivity index (χ1v) is 11.6. The first kappa shape index (κ1) is 20.4. The molecule has 0 saturated heterocycles. The van der Waals surface area contributed by atoms with Gasteiger partial charge in [0.1, 0.15) is 0 Å². The number of hydrogen-bond acceptors (Lipinski definition) is 4. The van der Waals surface area contributed by atoms with E-state index in [4.69, 9.17) is 28.2 Å². The second kappa shape index (κ2) is 8.20. The molecule has 152 valence electrons. The van der Waals surface area contributed by atoms with Crippen LogP contribution in [-0.4, -0.2) is 15.9 Å². The van der Waals surface area contributed by atoms with Crippen LogP contribution in [0.3, 0.4) is 0 Å². The number of rotatable bonds is 3. The van der Waals surface area contributed by atoms with Crippen LogP contribution in [0.15, 0.2) is 71.2 Å². The molecule has 3 aromatic carbocycles. The number of carbonyl (C=O) groups is 1. The second-order valence-corrected chi connectivity index (χ2v) is 9.57. The van der Waals surface area contributed by atoms with Crippen molar-refractivity contribution in [2.75, 3.05) is 5.32 Å². The van der Waals surface area contributed by atoms with E-state index in [-0.39, 0.29) is 5.91 Å². The Morgan fingerprint density at radius 1 is 0.935 bits per heavy atom. The maximum Gasteiger partial charge on any atom is 0.258 e. The van der Waals surface area contributed by atoms with Gasteiger partial charge in [-0.15, -0.1) is 0 Å². The molecule has 0 fully saturated rings. The van der Waals surface area contributed by atoms with Gasteiger partial charge in [-0.3, -0.25) is 10.1 Å². The highest BCUT2D eigenvalue weighted by Crippen LogP contribution is 2.33. The fourth-order valence-electron chi connectivity index (χ4n) is 3.31. The van der Waals surface area contributed by atoms with Crippen molar-refractivity contribution >= 4 is 82.6 Å². The Balaban J connectivity index is 1.59. The van der Waals surface area contributed by atoms with Crippen molar-refractivity contribution < 1.29 is 4.79 Å². The molecule has 1 N–H and O–H groups in total. The summed E-state index contributed by atoms with van der Waals surface area (Å²) >= 11 is 17.3. The molecule has 4 nitrogen and oxygen atoms in total. The average molecular weight is 529 g/mol. The Bertz CT molecular complexity index is 1480. The molecule has 2 heterocycles. The van der Waals surface area contributed by atoms with Crippen LogP contribution in [-0.2, 0) is 0 Å². The van der Waals surface area contributed by atoms with Gasteiger partial charge < -0.3 is 0 Å². The Hall–Kier alpha value is -2.51. The Kier molecular flexibility index (Phi) is 5.40. The third-order valence-electron chi connectivity index (χ3n) is 4.74. The van der Waals surface area contributed by atoms with Gasteiger partial charge in [0, 0.05) is 20.4 Å². The number of para-hydroxylation sites is 1. The van der Waals surface area contributed by atoms with Crippen LogP contribution in [0.4, 0.5) is 5.13 Å². The van der Waals surface area contributed by atoms with Crippen LogP contribution in [0.5, 0.6) is 0 Å². The van der Waals surface area contributed by atoms with Crippen LogP contribution in [0, 0.1) is 0 Å². The number of nitrogens with one attached hydrogen (secondary N) is 1. The number of thiazole rings is 1. The van der Waals surface area contributed by atoms with E-state index < -0.39 is 0 Å². The molecule has 5 aromatic rings. The molecule has 0 aliphatic rings. The molecule has 1 amide bonds. The van der Waals surface area contributed by atoms with Gasteiger partial charge in [0.15, 0.2) is 5.13 Å². The lowest BCUT2D eigenvalue weighted by Crippen LogP contribution is -2.13. The van der Waals surface area contributed by atoms with E-state index in [1.807, 2.05) is 42.5 Å². The van der Waals surface area contributed by atoms with Crippen molar-refractivity contribution in [3.63, 3.8) is 0 Å². The van der Waals surface area contributed by atoms with E-state index in [1.165, 1.54) is 11.3 Å². The number of benzene rings is 3. The summed E-state index contributed by atoms with van der Waals surface area (Å²) in [6.45, 7) is 0. The lowest BCUT2D eigenvalue weighted by Gasteiger charge is -2.11. The smallest absolute Gasteiger partial charge is 0.258 e. The third kappa shape index (κ3) is 4.04. The van der Waals surface area contributed by atoms with Crippen molar-refractivity contribution in [3.05, 3.63) is 86.8 Å². The molecule has 0 bridgehead atoms. The minimum absolute atomic E-state index is 0.261. The molecule has 0 saturated carbocycles. The normalized spacial score (nSPS) is 11.2. The van der Waals surface area contributed by atoms with Crippen molar-refractivity contribution in [3.8, 4) is 11.3 Å². The zero-order valence-corrected chi connectivity index (χ0v) is 19.6. The summed E-state index contributed by atoms with van der Waals surface area (Å²) in [5, 5.41) is 5.22. The number of nitrogens with zero attached hydrogens (tertiary/aromatic N) is 2. The monoisotopic (exact) mass is 527 g/mol. The van der Waals surface area contributed by atoms with E-state index >= 15 is 0 Å². The highest BCUT2D eigenvalue weighted by molar-refractivity contribution is 9.10. The molecule has 2 aromatic heterocycles. The summed E-state index contributed by atoms with van der Waals surface area (Å²) in [4.78, 5) is 22.5. The summed E-state index contributed by atoms with van der Waals surface area (Å²) in [6, 6.07) is 20.3. The van der Waals surface area contributed by atoms with Crippen LogP contribution in [0.25, 0.3) is 32.4 Å². The molecule has 0 aliphatic carbocycles. The maximum atomic E-state index is 13.3. The molecule has 0 unspecified atom stereocenters. The number of amides is 1. The standard InChI is InChI=1S/C23H12BrCl2N3OS/c24-12-5-8-19-21(9-12)31-23(28-19)29-22(30)16-11-20(15-7-6-13(25)10-17(15)26)27-18-4-2-1-3-14(16)18/h1-11H,(H,28,29,30). The van der Waals surface area contributed by atoms with Crippen LogP contribution >= 0.6 is 50.5 Å². The molecule has 8 heteroatoms. The van der Waals surface area contributed by atoms with Gasteiger partial charge >= 0.3 is 0 Å². The number of aromatic nitrogens is 2.